The molecule has 1 aromatic carbocycles. The average Bonchev–Trinajstić information content (AvgIpc) is 2.26. The molecule has 0 saturated heterocycles. The Morgan fingerprint density at radius 2 is 2.20 bits per heavy atom. The molecule has 0 aromatic heterocycles. The molecule has 0 bridgehead atoms. The van der Waals surface area contributed by atoms with E-state index in [0.29, 0.717) is 11.9 Å². The maximum absolute atomic E-state index is 5.73. The molecule has 0 aliphatic carbocycles. The van der Waals surface area contributed by atoms with Crippen molar-refractivity contribution in [3.63, 3.8) is 0 Å². The summed E-state index contributed by atoms with van der Waals surface area (Å²) in [5.41, 5.74) is 2.42. The van der Waals surface area contributed by atoms with Gasteiger partial charge in [-0.1, -0.05) is 17.7 Å². The molecule has 0 heterocycles. The Morgan fingerprint density at radius 3 is 2.80 bits per heavy atom. The second kappa shape index (κ2) is 5.99. The van der Waals surface area contributed by atoms with Gasteiger partial charge in [-0.15, -0.1) is 11.6 Å². The number of ether oxygens (including phenoxy) is 1. The highest BCUT2D eigenvalue weighted by Crippen LogP contribution is 2.19. The number of hydrogen-bond donors (Lipinski definition) is 1. The lowest BCUT2D eigenvalue weighted by molar-refractivity contribution is 0.406. The minimum absolute atomic E-state index is 0.317. The highest BCUT2D eigenvalue weighted by Gasteiger charge is 2.04. The number of benzene rings is 1. The molecule has 2 nitrogen and oxygen atoms in total. The fourth-order valence-corrected chi connectivity index (χ4v) is 1.49. The van der Waals surface area contributed by atoms with Gasteiger partial charge in [0.1, 0.15) is 5.75 Å². The smallest absolute Gasteiger partial charge is 0.123 e. The monoisotopic (exact) mass is 227 g/mol. The van der Waals surface area contributed by atoms with Crippen LogP contribution in [-0.2, 0) is 6.54 Å². The number of rotatable bonds is 5. The molecule has 1 unspecified atom stereocenters. The van der Waals surface area contributed by atoms with Crippen LogP contribution in [0, 0.1) is 6.92 Å². The standard InChI is InChI=1S/C12H18ClNO/c1-9-4-5-12(15-3)11(6-9)8-14-10(2)7-13/h4-6,10,14H,7-8H2,1-3H3. The van der Waals surface area contributed by atoms with Crippen molar-refractivity contribution >= 4 is 11.6 Å². The van der Waals surface area contributed by atoms with Gasteiger partial charge in [0.15, 0.2) is 0 Å². The lowest BCUT2D eigenvalue weighted by Gasteiger charge is -2.13. The summed E-state index contributed by atoms with van der Waals surface area (Å²) >= 11 is 5.73. The van der Waals surface area contributed by atoms with Crippen molar-refractivity contribution in [1.82, 2.24) is 5.32 Å². The molecule has 1 rings (SSSR count). The molecular weight excluding hydrogens is 210 g/mol. The van der Waals surface area contributed by atoms with Gasteiger partial charge >= 0.3 is 0 Å². The maximum Gasteiger partial charge on any atom is 0.123 e. The third-order valence-corrected chi connectivity index (χ3v) is 2.77. The number of halogens is 1. The fraction of sp³-hybridized carbons (Fsp3) is 0.500. The van der Waals surface area contributed by atoms with Crippen LogP contribution in [0.3, 0.4) is 0 Å². The van der Waals surface area contributed by atoms with E-state index in [1.54, 1.807) is 7.11 Å². The van der Waals surface area contributed by atoms with Crippen molar-refractivity contribution in [2.75, 3.05) is 13.0 Å². The molecule has 15 heavy (non-hydrogen) atoms. The zero-order valence-corrected chi connectivity index (χ0v) is 10.3. The van der Waals surface area contributed by atoms with Crippen molar-refractivity contribution in [3.8, 4) is 5.75 Å². The molecule has 0 amide bonds. The van der Waals surface area contributed by atoms with Crippen molar-refractivity contribution in [3.05, 3.63) is 29.3 Å². The molecule has 0 aliphatic rings. The van der Waals surface area contributed by atoms with Gasteiger partial charge in [0.25, 0.3) is 0 Å². The van der Waals surface area contributed by atoms with Gasteiger partial charge in [0, 0.05) is 24.0 Å². The summed E-state index contributed by atoms with van der Waals surface area (Å²) in [6, 6.07) is 6.49. The van der Waals surface area contributed by atoms with Gasteiger partial charge in [-0.3, -0.25) is 0 Å². The minimum atomic E-state index is 0.317. The normalized spacial score (nSPS) is 12.5. The number of methoxy groups -OCH3 is 1. The highest BCUT2D eigenvalue weighted by molar-refractivity contribution is 6.18. The quantitative estimate of drug-likeness (QED) is 0.782. The van der Waals surface area contributed by atoms with Gasteiger partial charge in [-0.2, -0.15) is 0 Å². The van der Waals surface area contributed by atoms with Crippen LogP contribution in [0.15, 0.2) is 18.2 Å². The first kappa shape index (κ1) is 12.3. The van der Waals surface area contributed by atoms with E-state index in [1.807, 2.05) is 12.1 Å². The molecule has 0 saturated carbocycles. The zero-order chi connectivity index (χ0) is 11.3. The number of aryl methyl sites for hydroxylation is 1. The van der Waals surface area contributed by atoms with Crippen LogP contribution < -0.4 is 10.1 Å². The Kier molecular flexibility index (Phi) is 4.92. The van der Waals surface area contributed by atoms with Gasteiger partial charge < -0.3 is 10.1 Å². The number of nitrogens with one attached hydrogen (secondary N) is 1. The van der Waals surface area contributed by atoms with Crippen LogP contribution in [0.5, 0.6) is 5.75 Å². The summed E-state index contributed by atoms with van der Waals surface area (Å²) in [7, 11) is 1.69. The van der Waals surface area contributed by atoms with Gasteiger partial charge in [0.2, 0.25) is 0 Å². The van der Waals surface area contributed by atoms with Gasteiger partial charge in [-0.25, -0.2) is 0 Å². The zero-order valence-electron chi connectivity index (χ0n) is 9.51. The first-order chi connectivity index (χ1) is 7.17. The van der Waals surface area contributed by atoms with E-state index in [4.69, 9.17) is 16.3 Å². The molecule has 3 heteroatoms. The van der Waals surface area contributed by atoms with Crippen LogP contribution in [0.4, 0.5) is 0 Å². The maximum atomic E-state index is 5.73. The fourth-order valence-electron chi connectivity index (χ4n) is 1.38. The molecule has 1 N–H and O–H groups in total. The van der Waals surface area contributed by atoms with E-state index in [-0.39, 0.29) is 0 Å². The molecule has 1 atom stereocenters. The summed E-state index contributed by atoms with van der Waals surface area (Å²) in [6.07, 6.45) is 0. The summed E-state index contributed by atoms with van der Waals surface area (Å²) in [5, 5.41) is 3.34. The Balaban J connectivity index is 2.69. The highest BCUT2D eigenvalue weighted by atomic mass is 35.5. The van der Waals surface area contributed by atoms with Crippen molar-refractivity contribution in [1.29, 1.82) is 0 Å². The van der Waals surface area contributed by atoms with E-state index < -0.39 is 0 Å². The average molecular weight is 228 g/mol. The molecule has 0 spiro atoms. The van der Waals surface area contributed by atoms with Crippen molar-refractivity contribution < 1.29 is 4.74 Å². The Hall–Kier alpha value is -0.730. The van der Waals surface area contributed by atoms with Crippen molar-refractivity contribution in [2.45, 2.75) is 26.4 Å². The number of hydrogen-bond acceptors (Lipinski definition) is 2. The van der Waals surface area contributed by atoms with Crippen molar-refractivity contribution in [2.24, 2.45) is 0 Å². The molecule has 0 radical (unpaired) electrons. The molecular formula is C12H18ClNO. The third kappa shape index (κ3) is 3.73. The number of alkyl halides is 1. The van der Waals surface area contributed by atoms with Gasteiger partial charge in [-0.05, 0) is 19.9 Å². The topological polar surface area (TPSA) is 21.3 Å². The van der Waals surface area contributed by atoms with E-state index in [0.717, 1.165) is 12.3 Å². The molecule has 1 aromatic rings. The van der Waals surface area contributed by atoms with Crippen LogP contribution >= 0.6 is 11.6 Å². The van der Waals surface area contributed by atoms with E-state index in [9.17, 15) is 0 Å². The van der Waals surface area contributed by atoms with E-state index in [2.05, 4.69) is 25.2 Å². The summed E-state index contributed by atoms with van der Waals surface area (Å²) in [5.74, 6) is 1.54. The lowest BCUT2D eigenvalue weighted by atomic mass is 10.1. The Morgan fingerprint density at radius 1 is 1.47 bits per heavy atom. The Bertz CT molecular complexity index is 314. The second-order valence-electron chi connectivity index (χ2n) is 3.75. The van der Waals surface area contributed by atoms with E-state index in [1.165, 1.54) is 11.1 Å². The predicted octanol–water partition coefficient (Wildman–Crippen LogP) is 2.72. The third-order valence-electron chi connectivity index (χ3n) is 2.31. The van der Waals surface area contributed by atoms with Crippen LogP contribution in [-0.4, -0.2) is 19.0 Å². The molecule has 0 fully saturated rings. The predicted molar refractivity (Wildman–Crippen MR) is 64.8 cm³/mol. The first-order valence-corrected chi connectivity index (χ1v) is 5.63. The molecule has 84 valence electrons. The van der Waals surface area contributed by atoms with E-state index >= 15 is 0 Å². The SMILES string of the molecule is COc1ccc(C)cc1CNC(C)CCl. The second-order valence-corrected chi connectivity index (χ2v) is 4.06. The summed E-state index contributed by atoms with van der Waals surface area (Å²) < 4.78 is 5.29. The van der Waals surface area contributed by atoms with Gasteiger partial charge in [0.05, 0.1) is 7.11 Å². The van der Waals surface area contributed by atoms with Crippen LogP contribution in [0.25, 0.3) is 0 Å². The van der Waals surface area contributed by atoms with Crippen LogP contribution in [0.2, 0.25) is 0 Å². The Labute approximate surface area is 96.6 Å². The lowest BCUT2D eigenvalue weighted by Crippen LogP contribution is -2.27. The summed E-state index contributed by atoms with van der Waals surface area (Å²) in [4.78, 5) is 0. The minimum Gasteiger partial charge on any atom is -0.496 e. The largest absolute Gasteiger partial charge is 0.496 e. The molecule has 0 aliphatic heterocycles. The summed E-state index contributed by atoms with van der Waals surface area (Å²) in [6.45, 7) is 4.93. The van der Waals surface area contributed by atoms with Crippen LogP contribution in [0.1, 0.15) is 18.1 Å². The first-order valence-electron chi connectivity index (χ1n) is 5.10.